The molecule has 4 aromatic rings. The van der Waals surface area contributed by atoms with E-state index in [0.29, 0.717) is 24.0 Å². The molecule has 0 amide bonds. The molecule has 3 aromatic heterocycles. The monoisotopic (exact) mass is 387 g/mol. The molecular weight excluding hydrogens is 362 g/mol. The molecule has 0 atom stereocenters. The third-order valence-corrected chi connectivity index (χ3v) is 4.67. The standard InChI is InChI=1S/C22H25N7/c1-14-7-5-9-16(11-14)18-17-19(23)29(22(2,3)4)28-20(17)27-21(26-18)25-13-15-8-6-10-24-12-15/h5-12H,13,23H2,1-4H3,(H,25,27,28). The molecule has 0 bridgehead atoms. The SMILES string of the molecule is Cc1cccc(-c2nc(NCc3cccnc3)nc3nn(C(C)(C)C)c(N)c23)c1. The highest BCUT2D eigenvalue weighted by Gasteiger charge is 2.24. The van der Waals surface area contributed by atoms with Gasteiger partial charge in [0.25, 0.3) is 0 Å². The smallest absolute Gasteiger partial charge is 0.225 e. The normalized spacial score (nSPS) is 11.7. The van der Waals surface area contributed by atoms with Crippen LogP contribution in [0, 0.1) is 6.92 Å². The third-order valence-electron chi connectivity index (χ3n) is 4.67. The summed E-state index contributed by atoms with van der Waals surface area (Å²) in [5.41, 5.74) is 10.8. The molecule has 7 heteroatoms. The number of rotatable bonds is 4. The minimum absolute atomic E-state index is 0.266. The molecule has 0 aliphatic carbocycles. The van der Waals surface area contributed by atoms with Crippen molar-refractivity contribution in [3.63, 3.8) is 0 Å². The van der Waals surface area contributed by atoms with E-state index in [2.05, 4.69) is 55.1 Å². The number of hydrogen-bond acceptors (Lipinski definition) is 6. The zero-order valence-electron chi connectivity index (χ0n) is 17.1. The van der Waals surface area contributed by atoms with E-state index in [1.54, 1.807) is 6.20 Å². The number of aryl methyl sites for hydroxylation is 1. The Morgan fingerprint density at radius 2 is 1.93 bits per heavy atom. The maximum Gasteiger partial charge on any atom is 0.225 e. The van der Waals surface area contributed by atoms with Crippen molar-refractivity contribution in [2.75, 3.05) is 11.1 Å². The first-order valence-electron chi connectivity index (χ1n) is 9.59. The van der Waals surface area contributed by atoms with Gasteiger partial charge in [0.1, 0.15) is 5.82 Å². The number of nitrogen functional groups attached to an aromatic ring is 1. The lowest BCUT2D eigenvalue weighted by molar-refractivity contribution is 0.364. The number of benzene rings is 1. The molecular formula is C22H25N7. The Labute approximate surface area is 170 Å². The van der Waals surface area contributed by atoms with Crippen LogP contribution in [-0.4, -0.2) is 24.7 Å². The first-order chi connectivity index (χ1) is 13.8. The van der Waals surface area contributed by atoms with E-state index in [1.165, 1.54) is 0 Å². The topological polar surface area (TPSA) is 94.5 Å². The van der Waals surface area contributed by atoms with Gasteiger partial charge in [-0.1, -0.05) is 29.8 Å². The Morgan fingerprint density at radius 1 is 1.10 bits per heavy atom. The molecule has 0 saturated carbocycles. The highest BCUT2D eigenvalue weighted by Crippen LogP contribution is 2.34. The fourth-order valence-corrected chi connectivity index (χ4v) is 3.29. The number of nitrogens with two attached hydrogens (primary N) is 1. The number of anilines is 2. The lowest BCUT2D eigenvalue weighted by Gasteiger charge is -2.20. The summed E-state index contributed by atoms with van der Waals surface area (Å²) >= 11 is 0. The van der Waals surface area contributed by atoms with Crippen molar-refractivity contribution in [2.45, 2.75) is 39.8 Å². The molecule has 0 aliphatic rings. The van der Waals surface area contributed by atoms with Gasteiger partial charge < -0.3 is 11.1 Å². The van der Waals surface area contributed by atoms with Crippen molar-refractivity contribution in [2.24, 2.45) is 0 Å². The first kappa shape index (κ1) is 18.9. The zero-order valence-corrected chi connectivity index (χ0v) is 17.1. The third kappa shape index (κ3) is 3.76. The number of aromatic nitrogens is 5. The minimum Gasteiger partial charge on any atom is -0.383 e. The van der Waals surface area contributed by atoms with Crippen molar-refractivity contribution in [3.8, 4) is 11.3 Å². The summed E-state index contributed by atoms with van der Waals surface area (Å²) in [4.78, 5) is 13.6. The van der Waals surface area contributed by atoms with Gasteiger partial charge in [-0.3, -0.25) is 4.98 Å². The summed E-state index contributed by atoms with van der Waals surface area (Å²) in [5, 5.41) is 8.76. The number of hydrogen-bond donors (Lipinski definition) is 2. The second-order valence-electron chi connectivity index (χ2n) is 8.15. The van der Waals surface area contributed by atoms with Gasteiger partial charge in [-0.15, -0.1) is 5.10 Å². The molecule has 0 spiro atoms. The number of fused-ring (bicyclic) bond motifs is 1. The van der Waals surface area contributed by atoms with Crippen LogP contribution < -0.4 is 11.1 Å². The van der Waals surface area contributed by atoms with Crippen LogP contribution in [0.4, 0.5) is 11.8 Å². The lowest BCUT2D eigenvalue weighted by atomic mass is 10.1. The molecule has 1 aromatic carbocycles. The fourth-order valence-electron chi connectivity index (χ4n) is 3.29. The quantitative estimate of drug-likeness (QED) is 0.546. The van der Waals surface area contributed by atoms with Crippen LogP contribution in [0.5, 0.6) is 0 Å². The van der Waals surface area contributed by atoms with Gasteiger partial charge in [-0.05, 0) is 45.4 Å². The van der Waals surface area contributed by atoms with E-state index < -0.39 is 0 Å². The Kier molecular flexibility index (Phi) is 4.66. The molecule has 0 radical (unpaired) electrons. The Hall–Kier alpha value is -3.48. The van der Waals surface area contributed by atoms with Crippen LogP contribution in [0.1, 0.15) is 31.9 Å². The Morgan fingerprint density at radius 3 is 2.62 bits per heavy atom. The summed E-state index contributed by atoms with van der Waals surface area (Å²) in [6.45, 7) is 8.83. The molecule has 29 heavy (non-hydrogen) atoms. The van der Waals surface area contributed by atoms with Gasteiger partial charge in [0.2, 0.25) is 5.95 Å². The molecule has 4 rings (SSSR count). The first-order valence-corrected chi connectivity index (χ1v) is 9.59. The summed E-state index contributed by atoms with van der Waals surface area (Å²) < 4.78 is 1.82. The molecule has 0 aliphatic heterocycles. The zero-order chi connectivity index (χ0) is 20.6. The predicted molar refractivity (Wildman–Crippen MR) is 116 cm³/mol. The lowest BCUT2D eigenvalue weighted by Crippen LogP contribution is -2.24. The maximum atomic E-state index is 6.51. The van der Waals surface area contributed by atoms with Crippen molar-refractivity contribution in [1.29, 1.82) is 0 Å². The summed E-state index contributed by atoms with van der Waals surface area (Å²) in [5.74, 6) is 1.08. The molecule has 7 nitrogen and oxygen atoms in total. The minimum atomic E-state index is -0.266. The van der Waals surface area contributed by atoms with E-state index in [1.807, 2.05) is 35.1 Å². The van der Waals surface area contributed by atoms with Gasteiger partial charge in [-0.2, -0.15) is 4.98 Å². The van der Waals surface area contributed by atoms with Crippen LogP contribution in [0.2, 0.25) is 0 Å². The summed E-state index contributed by atoms with van der Waals surface area (Å²) in [7, 11) is 0. The van der Waals surface area contributed by atoms with E-state index in [4.69, 9.17) is 15.8 Å². The van der Waals surface area contributed by atoms with E-state index in [0.717, 1.165) is 27.8 Å². The van der Waals surface area contributed by atoms with Gasteiger partial charge in [0.05, 0.1) is 16.6 Å². The van der Waals surface area contributed by atoms with Gasteiger partial charge in [0.15, 0.2) is 5.65 Å². The highest BCUT2D eigenvalue weighted by molar-refractivity contribution is 5.99. The Bertz CT molecular complexity index is 1160. The summed E-state index contributed by atoms with van der Waals surface area (Å²) in [6, 6.07) is 12.1. The van der Waals surface area contributed by atoms with Crippen molar-refractivity contribution in [3.05, 3.63) is 59.9 Å². The van der Waals surface area contributed by atoms with Crippen molar-refractivity contribution < 1.29 is 0 Å². The van der Waals surface area contributed by atoms with Crippen molar-refractivity contribution >= 4 is 22.8 Å². The number of nitrogens with one attached hydrogen (secondary N) is 1. The molecule has 3 N–H and O–H groups in total. The van der Waals surface area contributed by atoms with E-state index >= 15 is 0 Å². The number of nitrogens with zero attached hydrogens (tertiary/aromatic N) is 5. The van der Waals surface area contributed by atoms with Crippen LogP contribution >= 0.6 is 0 Å². The van der Waals surface area contributed by atoms with Crippen LogP contribution in [0.15, 0.2) is 48.8 Å². The fraction of sp³-hybridized carbons (Fsp3) is 0.273. The average molecular weight is 387 g/mol. The summed E-state index contributed by atoms with van der Waals surface area (Å²) in [6.07, 6.45) is 3.57. The average Bonchev–Trinajstić information content (AvgIpc) is 3.04. The molecule has 3 heterocycles. The van der Waals surface area contributed by atoms with Crippen LogP contribution in [0.3, 0.4) is 0 Å². The van der Waals surface area contributed by atoms with E-state index in [-0.39, 0.29) is 5.54 Å². The second-order valence-corrected chi connectivity index (χ2v) is 8.15. The largest absolute Gasteiger partial charge is 0.383 e. The number of pyridine rings is 1. The van der Waals surface area contributed by atoms with Crippen molar-refractivity contribution in [1.82, 2.24) is 24.7 Å². The molecule has 0 fully saturated rings. The maximum absolute atomic E-state index is 6.51. The predicted octanol–water partition coefficient (Wildman–Crippen LogP) is 4.15. The molecule has 0 saturated heterocycles. The van der Waals surface area contributed by atoms with Gasteiger partial charge in [0, 0.05) is 24.5 Å². The Balaban J connectivity index is 1.86. The van der Waals surface area contributed by atoms with Crippen LogP contribution in [-0.2, 0) is 12.1 Å². The van der Waals surface area contributed by atoms with E-state index in [9.17, 15) is 0 Å². The second kappa shape index (κ2) is 7.16. The molecule has 148 valence electrons. The molecule has 0 unspecified atom stereocenters. The van der Waals surface area contributed by atoms with Gasteiger partial charge in [-0.25, -0.2) is 9.67 Å². The van der Waals surface area contributed by atoms with Gasteiger partial charge >= 0.3 is 0 Å². The highest BCUT2D eigenvalue weighted by atomic mass is 15.4. The van der Waals surface area contributed by atoms with Crippen LogP contribution in [0.25, 0.3) is 22.3 Å².